The number of hydrogen-bond acceptors (Lipinski definition) is 5. The first-order valence-corrected chi connectivity index (χ1v) is 9.77. The van der Waals surface area contributed by atoms with E-state index in [0.717, 1.165) is 5.56 Å². The number of nitrogens with one attached hydrogen (secondary N) is 1. The summed E-state index contributed by atoms with van der Waals surface area (Å²) in [5.41, 5.74) is 2.38. The lowest BCUT2D eigenvalue weighted by atomic mass is 9.94. The van der Waals surface area contributed by atoms with Crippen LogP contribution in [0.25, 0.3) is 5.76 Å². The first-order valence-electron chi connectivity index (χ1n) is 9.77. The number of carbonyl (C=O) groups is 2. The summed E-state index contributed by atoms with van der Waals surface area (Å²) >= 11 is 0. The Bertz CT molecular complexity index is 1160. The Morgan fingerprint density at radius 1 is 1.23 bits per heavy atom. The van der Waals surface area contributed by atoms with Gasteiger partial charge in [0.05, 0.1) is 19.7 Å². The quantitative estimate of drug-likeness (QED) is 0.359. The lowest BCUT2D eigenvalue weighted by molar-refractivity contribution is -0.378. The van der Waals surface area contributed by atoms with E-state index < -0.39 is 23.5 Å². The predicted molar refractivity (Wildman–Crippen MR) is 110 cm³/mol. The van der Waals surface area contributed by atoms with Gasteiger partial charge in [0.25, 0.3) is 5.91 Å². The molecule has 1 aromatic carbocycles. The Balaban J connectivity index is 1.86. The SMILES string of the molecule is COc1ccc(C([O-])=C2C(=O)C(=O)N(Cc3ccc[nH+]c3)C2c2cccnc2)c(C)c1. The molecule has 3 aromatic rings. The molecule has 0 bridgehead atoms. The highest BCUT2D eigenvalue weighted by atomic mass is 16.5. The van der Waals surface area contributed by atoms with Crippen molar-refractivity contribution in [3.05, 3.63) is 95.1 Å². The van der Waals surface area contributed by atoms with Crippen LogP contribution in [0.15, 0.2) is 72.8 Å². The van der Waals surface area contributed by atoms with E-state index in [0.29, 0.717) is 22.4 Å². The molecule has 1 saturated heterocycles. The number of aromatic amines is 1. The van der Waals surface area contributed by atoms with Gasteiger partial charge in [-0.25, -0.2) is 4.98 Å². The number of ketones is 1. The number of rotatable bonds is 5. The van der Waals surface area contributed by atoms with Gasteiger partial charge >= 0.3 is 0 Å². The van der Waals surface area contributed by atoms with Crippen molar-refractivity contribution < 1.29 is 24.4 Å². The van der Waals surface area contributed by atoms with E-state index >= 15 is 0 Å². The number of methoxy groups -OCH3 is 1. The maximum atomic E-state index is 13.5. The Morgan fingerprint density at radius 2 is 2.06 bits per heavy atom. The first kappa shape index (κ1) is 20.3. The maximum Gasteiger partial charge on any atom is 0.295 e. The van der Waals surface area contributed by atoms with Gasteiger partial charge in [-0.15, -0.1) is 0 Å². The second-order valence-corrected chi connectivity index (χ2v) is 7.29. The zero-order valence-electron chi connectivity index (χ0n) is 17.2. The summed E-state index contributed by atoms with van der Waals surface area (Å²) in [4.78, 5) is 34.5. The van der Waals surface area contributed by atoms with Gasteiger partial charge in [-0.3, -0.25) is 14.6 Å². The van der Waals surface area contributed by atoms with E-state index in [1.165, 1.54) is 4.90 Å². The number of H-pyrrole nitrogens is 1. The average Bonchev–Trinajstić information content (AvgIpc) is 3.04. The minimum Gasteiger partial charge on any atom is -0.872 e. The van der Waals surface area contributed by atoms with Crippen LogP contribution in [-0.4, -0.2) is 28.7 Å². The Kier molecular flexibility index (Phi) is 5.49. The molecule has 1 N–H and O–H groups in total. The van der Waals surface area contributed by atoms with Crippen LogP contribution in [0.1, 0.15) is 28.3 Å². The average molecular weight is 415 g/mol. The molecule has 7 nitrogen and oxygen atoms in total. The van der Waals surface area contributed by atoms with Crippen molar-refractivity contribution >= 4 is 17.4 Å². The van der Waals surface area contributed by atoms with Gasteiger partial charge in [-0.2, -0.15) is 0 Å². The second-order valence-electron chi connectivity index (χ2n) is 7.29. The van der Waals surface area contributed by atoms with E-state index in [2.05, 4.69) is 9.97 Å². The fourth-order valence-electron chi connectivity index (χ4n) is 3.81. The number of hydrogen-bond donors (Lipinski definition) is 0. The van der Waals surface area contributed by atoms with Crippen LogP contribution in [0, 0.1) is 6.92 Å². The summed E-state index contributed by atoms with van der Waals surface area (Å²) in [6.07, 6.45) is 6.70. The molecule has 4 rings (SSSR count). The van der Waals surface area contributed by atoms with Gasteiger partial charge in [0.1, 0.15) is 5.75 Å². The van der Waals surface area contributed by atoms with E-state index in [1.807, 2.05) is 12.1 Å². The van der Waals surface area contributed by atoms with Crippen molar-refractivity contribution in [2.45, 2.75) is 19.5 Å². The number of carbonyl (C=O) groups excluding carboxylic acids is 2. The maximum absolute atomic E-state index is 13.5. The molecule has 0 spiro atoms. The summed E-state index contributed by atoms with van der Waals surface area (Å²) in [5, 5.41) is 13.5. The van der Waals surface area contributed by atoms with Crippen molar-refractivity contribution in [1.82, 2.24) is 9.88 Å². The second kappa shape index (κ2) is 8.39. The molecule has 0 saturated carbocycles. The smallest absolute Gasteiger partial charge is 0.295 e. The number of likely N-dealkylation sites (tertiary alicyclic amines) is 1. The summed E-state index contributed by atoms with van der Waals surface area (Å²) in [5.74, 6) is -1.34. The summed E-state index contributed by atoms with van der Waals surface area (Å²) in [6.45, 7) is 1.95. The minimum absolute atomic E-state index is 0.0637. The Hall–Kier alpha value is -4.00. The topological polar surface area (TPSA) is 96.7 Å². The molecular weight excluding hydrogens is 394 g/mol. The summed E-state index contributed by atoms with van der Waals surface area (Å²) < 4.78 is 5.21. The monoisotopic (exact) mass is 415 g/mol. The van der Waals surface area contributed by atoms with E-state index in [4.69, 9.17) is 4.74 Å². The lowest BCUT2D eigenvalue weighted by Gasteiger charge is -2.27. The zero-order chi connectivity index (χ0) is 22.0. The number of amides is 1. The number of nitrogens with zero attached hydrogens (tertiary/aromatic N) is 2. The lowest BCUT2D eigenvalue weighted by Crippen LogP contribution is -2.29. The molecule has 3 heterocycles. The molecule has 1 fully saturated rings. The molecule has 31 heavy (non-hydrogen) atoms. The normalized spacial score (nSPS) is 17.7. The van der Waals surface area contributed by atoms with Gasteiger partial charge in [-0.1, -0.05) is 17.9 Å². The largest absolute Gasteiger partial charge is 0.872 e. The molecule has 1 atom stereocenters. The molecule has 1 amide bonds. The molecule has 1 unspecified atom stereocenters. The number of aromatic nitrogens is 2. The van der Waals surface area contributed by atoms with Gasteiger partial charge in [0, 0.05) is 29.6 Å². The highest BCUT2D eigenvalue weighted by Gasteiger charge is 2.44. The van der Waals surface area contributed by atoms with Crippen LogP contribution in [0.3, 0.4) is 0 Å². The van der Waals surface area contributed by atoms with E-state index in [-0.39, 0.29) is 12.1 Å². The standard InChI is InChI=1S/C24H21N3O4/c1-15-11-18(31-2)7-8-19(15)22(28)20-21(17-6-4-10-26-13-17)27(24(30)23(20)29)14-16-5-3-9-25-12-16/h3-13,21,28H,14H2,1-2H3. The summed E-state index contributed by atoms with van der Waals surface area (Å²) in [7, 11) is 1.54. The van der Waals surface area contributed by atoms with Crippen LogP contribution < -0.4 is 14.8 Å². The Labute approximate surface area is 179 Å². The predicted octanol–water partition coefficient (Wildman–Crippen LogP) is 1.64. The van der Waals surface area contributed by atoms with E-state index in [1.54, 1.807) is 69.2 Å². The van der Waals surface area contributed by atoms with Crippen molar-refractivity contribution in [2.24, 2.45) is 0 Å². The molecule has 1 aliphatic heterocycles. The van der Waals surface area contributed by atoms with Gasteiger partial charge in [0.15, 0.2) is 12.4 Å². The molecule has 1 aliphatic rings. The fourth-order valence-corrected chi connectivity index (χ4v) is 3.81. The zero-order valence-corrected chi connectivity index (χ0v) is 17.2. The van der Waals surface area contributed by atoms with Crippen molar-refractivity contribution in [1.29, 1.82) is 0 Å². The molecule has 0 aliphatic carbocycles. The van der Waals surface area contributed by atoms with Gasteiger partial charge in [-0.05, 0) is 47.9 Å². The highest BCUT2D eigenvalue weighted by molar-refractivity contribution is 6.46. The third kappa shape index (κ3) is 3.77. The van der Waals surface area contributed by atoms with Crippen molar-refractivity contribution in [2.75, 3.05) is 7.11 Å². The van der Waals surface area contributed by atoms with Crippen molar-refractivity contribution in [3.63, 3.8) is 0 Å². The van der Waals surface area contributed by atoms with Crippen LogP contribution in [0.5, 0.6) is 5.75 Å². The molecule has 156 valence electrons. The Morgan fingerprint density at radius 3 is 2.71 bits per heavy atom. The third-order valence-electron chi connectivity index (χ3n) is 5.33. The van der Waals surface area contributed by atoms with E-state index in [9.17, 15) is 14.7 Å². The molecular formula is C24H21N3O4. The number of Topliss-reactive ketones (excluding diaryl/α,β-unsaturated/α-hetero) is 1. The summed E-state index contributed by atoms with van der Waals surface area (Å²) in [6, 6.07) is 11.3. The van der Waals surface area contributed by atoms with Gasteiger partial charge < -0.3 is 14.7 Å². The number of aryl methyl sites for hydroxylation is 1. The van der Waals surface area contributed by atoms with Crippen molar-refractivity contribution in [3.8, 4) is 5.75 Å². The molecule has 0 radical (unpaired) electrons. The van der Waals surface area contributed by atoms with Gasteiger partial charge in [0.2, 0.25) is 5.78 Å². The first-order chi connectivity index (χ1) is 15.0. The molecule has 2 aromatic heterocycles. The fraction of sp³-hybridized carbons (Fsp3) is 0.167. The number of benzene rings is 1. The third-order valence-corrected chi connectivity index (χ3v) is 5.33. The van der Waals surface area contributed by atoms with Crippen LogP contribution in [0.2, 0.25) is 0 Å². The van der Waals surface area contributed by atoms with Crippen LogP contribution >= 0.6 is 0 Å². The van der Waals surface area contributed by atoms with Crippen LogP contribution in [-0.2, 0) is 16.1 Å². The highest BCUT2D eigenvalue weighted by Crippen LogP contribution is 2.39. The molecule has 7 heteroatoms. The van der Waals surface area contributed by atoms with Crippen LogP contribution in [0.4, 0.5) is 0 Å². The number of ether oxygens (including phenoxy) is 1. The number of pyridine rings is 2. The minimum atomic E-state index is -0.817.